The average molecular weight is 370 g/mol. The first-order chi connectivity index (χ1) is 11.1. The van der Waals surface area contributed by atoms with E-state index >= 15 is 0 Å². The third kappa shape index (κ3) is 3.57. The summed E-state index contributed by atoms with van der Waals surface area (Å²) in [5.41, 5.74) is 2.59. The molecule has 6 heteroatoms. The van der Waals surface area contributed by atoms with Gasteiger partial charge in [-0.2, -0.15) is 0 Å². The van der Waals surface area contributed by atoms with E-state index in [0.29, 0.717) is 21.8 Å². The highest BCUT2D eigenvalue weighted by molar-refractivity contribution is 6.35. The van der Waals surface area contributed by atoms with Gasteiger partial charge in [0, 0.05) is 16.2 Å². The van der Waals surface area contributed by atoms with Crippen LogP contribution >= 0.6 is 34.8 Å². The third-order valence-electron chi connectivity index (χ3n) is 3.58. The fourth-order valence-electron chi connectivity index (χ4n) is 2.41. The normalized spacial score (nSPS) is 11.1. The van der Waals surface area contributed by atoms with Crippen LogP contribution < -0.4 is 4.74 Å². The van der Waals surface area contributed by atoms with Gasteiger partial charge in [0.25, 0.3) is 0 Å². The van der Waals surface area contributed by atoms with Crippen molar-refractivity contribution in [3.8, 4) is 5.75 Å². The summed E-state index contributed by atoms with van der Waals surface area (Å²) >= 11 is 18.3. The van der Waals surface area contributed by atoms with Gasteiger partial charge >= 0.3 is 0 Å². The molecule has 0 radical (unpaired) electrons. The molecule has 2 heterocycles. The Morgan fingerprint density at radius 3 is 2.78 bits per heavy atom. The molecule has 0 aliphatic rings. The van der Waals surface area contributed by atoms with Crippen LogP contribution in [-0.4, -0.2) is 16.0 Å². The third-order valence-corrected chi connectivity index (χ3v) is 4.62. The van der Waals surface area contributed by atoms with Crippen LogP contribution in [0.2, 0.25) is 15.2 Å². The summed E-state index contributed by atoms with van der Waals surface area (Å²) in [5.74, 6) is 0.727. The smallest absolute Gasteiger partial charge is 0.181 e. The average Bonchev–Trinajstić information content (AvgIpc) is 2.82. The van der Waals surface area contributed by atoms with Crippen molar-refractivity contribution >= 4 is 40.4 Å². The topological polar surface area (TPSA) is 26.5 Å². The quantitative estimate of drug-likeness (QED) is 0.546. The molecule has 0 N–H and O–H groups in total. The molecule has 0 aliphatic carbocycles. The molecular weight excluding hydrogens is 355 g/mol. The molecule has 3 aromatic rings. The molecule has 3 rings (SSSR count). The second-order valence-electron chi connectivity index (χ2n) is 5.24. The lowest BCUT2D eigenvalue weighted by atomic mass is 10.1. The molecule has 0 atom stereocenters. The molecule has 0 bridgehead atoms. The maximum Gasteiger partial charge on any atom is 0.181 e. The Morgan fingerprint density at radius 2 is 2.00 bits per heavy atom. The predicted octanol–water partition coefficient (Wildman–Crippen LogP) is 5.61. The van der Waals surface area contributed by atoms with Gasteiger partial charge in [0.05, 0.1) is 12.3 Å². The zero-order chi connectivity index (χ0) is 16.4. The Morgan fingerprint density at radius 1 is 1.17 bits per heavy atom. The number of benzene rings is 1. The predicted molar refractivity (Wildman–Crippen MR) is 95.2 cm³/mol. The first kappa shape index (κ1) is 16.4. The fourth-order valence-corrected chi connectivity index (χ4v) is 3.09. The van der Waals surface area contributed by atoms with Crippen molar-refractivity contribution in [3.05, 3.63) is 63.0 Å². The Hall–Kier alpha value is -1.42. The number of imidazole rings is 1. The summed E-state index contributed by atoms with van der Waals surface area (Å²) in [4.78, 5) is 4.44. The van der Waals surface area contributed by atoms with Crippen molar-refractivity contribution < 1.29 is 4.74 Å². The summed E-state index contributed by atoms with van der Waals surface area (Å²) < 4.78 is 7.68. The van der Waals surface area contributed by atoms with Crippen LogP contribution in [0, 0.1) is 6.92 Å². The molecule has 0 spiro atoms. The van der Waals surface area contributed by atoms with Crippen LogP contribution in [0.5, 0.6) is 5.75 Å². The van der Waals surface area contributed by atoms with Crippen LogP contribution in [0.4, 0.5) is 0 Å². The minimum atomic E-state index is 0.572. The Labute approximate surface area is 149 Å². The highest BCUT2D eigenvalue weighted by Gasteiger charge is 2.10. The standard InChI is InChI=1S/C17H15Cl3N2O/c1-11-16(20)22-8-2-5-15(17(22)21-11)23-9-3-4-12-6-7-13(18)10-14(12)19/h2,5-8,10H,3-4,9H2,1H3. The van der Waals surface area contributed by atoms with E-state index in [2.05, 4.69) is 4.98 Å². The van der Waals surface area contributed by atoms with E-state index in [9.17, 15) is 0 Å². The van der Waals surface area contributed by atoms with Crippen LogP contribution in [0.25, 0.3) is 5.65 Å². The van der Waals surface area contributed by atoms with E-state index < -0.39 is 0 Å². The number of hydrogen-bond donors (Lipinski definition) is 0. The van der Waals surface area contributed by atoms with Crippen LogP contribution in [-0.2, 0) is 6.42 Å². The number of hydrogen-bond acceptors (Lipinski definition) is 2. The molecular formula is C17H15Cl3N2O. The Bertz CT molecular complexity index is 845. The number of halogens is 3. The lowest BCUT2D eigenvalue weighted by Crippen LogP contribution is -2.01. The van der Waals surface area contributed by atoms with E-state index in [1.807, 2.05) is 41.8 Å². The van der Waals surface area contributed by atoms with E-state index in [-0.39, 0.29) is 0 Å². The molecule has 0 fully saturated rings. The fraction of sp³-hybridized carbons (Fsp3) is 0.235. The number of rotatable bonds is 5. The first-order valence-corrected chi connectivity index (χ1v) is 8.39. The second-order valence-corrected chi connectivity index (χ2v) is 6.44. The molecule has 120 valence electrons. The first-order valence-electron chi connectivity index (χ1n) is 7.26. The van der Waals surface area contributed by atoms with Gasteiger partial charge in [0.2, 0.25) is 0 Å². The molecule has 0 aliphatic heterocycles. The number of ether oxygens (including phenoxy) is 1. The van der Waals surface area contributed by atoms with Gasteiger partial charge < -0.3 is 4.74 Å². The molecule has 1 aromatic carbocycles. The number of pyridine rings is 1. The lowest BCUT2D eigenvalue weighted by molar-refractivity contribution is 0.313. The summed E-state index contributed by atoms with van der Waals surface area (Å²) in [6.07, 6.45) is 3.54. The summed E-state index contributed by atoms with van der Waals surface area (Å²) in [5, 5.41) is 1.95. The maximum atomic E-state index is 6.20. The minimum absolute atomic E-state index is 0.572. The van der Waals surface area contributed by atoms with E-state index in [4.69, 9.17) is 39.5 Å². The van der Waals surface area contributed by atoms with Crippen molar-refractivity contribution in [2.24, 2.45) is 0 Å². The molecule has 0 saturated carbocycles. The molecule has 23 heavy (non-hydrogen) atoms. The van der Waals surface area contributed by atoms with E-state index in [1.54, 1.807) is 6.07 Å². The summed E-state index contributed by atoms with van der Waals surface area (Å²) in [7, 11) is 0. The zero-order valence-corrected chi connectivity index (χ0v) is 14.8. The maximum absolute atomic E-state index is 6.20. The van der Waals surface area contributed by atoms with Crippen molar-refractivity contribution in [3.63, 3.8) is 0 Å². The van der Waals surface area contributed by atoms with E-state index in [0.717, 1.165) is 35.5 Å². The minimum Gasteiger partial charge on any atom is -0.490 e. The number of aryl methyl sites for hydroxylation is 2. The Balaban J connectivity index is 1.64. The largest absolute Gasteiger partial charge is 0.490 e. The SMILES string of the molecule is Cc1nc2c(OCCCc3ccc(Cl)cc3Cl)cccn2c1Cl. The van der Waals surface area contributed by atoms with Crippen molar-refractivity contribution in [1.29, 1.82) is 0 Å². The van der Waals surface area contributed by atoms with Gasteiger partial charge in [-0.25, -0.2) is 4.98 Å². The molecule has 3 nitrogen and oxygen atoms in total. The van der Waals surface area contributed by atoms with Gasteiger partial charge in [0.15, 0.2) is 11.4 Å². The van der Waals surface area contributed by atoms with Crippen molar-refractivity contribution in [1.82, 2.24) is 9.38 Å². The van der Waals surface area contributed by atoms with Crippen LogP contribution in [0.3, 0.4) is 0 Å². The lowest BCUT2D eigenvalue weighted by Gasteiger charge is -2.08. The number of nitrogens with zero attached hydrogens (tertiary/aromatic N) is 2. The molecule has 2 aromatic heterocycles. The van der Waals surface area contributed by atoms with Gasteiger partial charge in [-0.1, -0.05) is 40.9 Å². The van der Waals surface area contributed by atoms with Crippen molar-refractivity contribution in [2.75, 3.05) is 6.61 Å². The highest BCUT2D eigenvalue weighted by Crippen LogP contribution is 2.25. The number of fused-ring (bicyclic) bond motifs is 1. The summed E-state index contributed by atoms with van der Waals surface area (Å²) in [6.45, 7) is 2.45. The van der Waals surface area contributed by atoms with Gasteiger partial charge in [-0.05, 0) is 49.6 Å². The monoisotopic (exact) mass is 368 g/mol. The highest BCUT2D eigenvalue weighted by atomic mass is 35.5. The van der Waals surface area contributed by atoms with E-state index in [1.165, 1.54) is 0 Å². The van der Waals surface area contributed by atoms with Crippen LogP contribution in [0.15, 0.2) is 36.5 Å². The molecule has 0 unspecified atom stereocenters. The van der Waals surface area contributed by atoms with Crippen LogP contribution in [0.1, 0.15) is 17.7 Å². The van der Waals surface area contributed by atoms with Gasteiger partial charge in [-0.3, -0.25) is 4.40 Å². The molecule has 0 saturated heterocycles. The van der Waals surface area contributed by atoms with Crippen molar-refractivity contribution in [2.45, 2.75) is 19.8 Å². The second kappa shape index (κ2) is 7.00. The Kier molecular flexibility index (Phi) is 5.00. The zero-order valence-electron chi connectivity index (χ0n) is 12.5. The number of aromatic nitrogens is 2. The summed E-state index contributed by atoms with van der Waals surface area (Å²) in [6, 6.07) is 9.34. The van der Waals surface area contributed by atoms with Gasteiger partial charge in [-0.15, -0.1) is 0 Å². The molecule has 0 amide bonds. The van der Waals surface area contributed by atoms with Gasteiger partial charge in [0.1, 0.15) is 5.15 Å².